The van der Waals surface area contributed by atoms with Crippen LogP contribution >= 0.6 is 0 Å². The molecule has 2 rings (SSSR count). The summed E-state index contributed by atoms with van der Waals surface area (Å²) in [5, 5.41) is 13.8. The maximum Gasteiger partial charge on any atom is 0.408 e. The van der Waals surface area contributed by atoms with E-state index in [1.807, 2.05) is 0 Å². The Kier molecular flexibility index (Phi) is 9.69. The van der Waals surface area contributed by atoms with Crippen LogP contribution in [0.25, 0.3) is 0 Å². The predicted molar refractivity (Wildman–Crippen MR) is 116 cm³/mol. The highest BCUT2D eigenvalue weighted by Crippen LogP contribution is 2.12. The van der Waals surface area contributed by atoms with E-state index in [9.17, 15) is 19.2 Å². The molecule has 0 bridgehead atoms. The van der Waals surface area contributed by atoms with Crippen LogP contribution in [0.5, 0.6) is 5.75 Å². The van der Waals surface area contributed by atoms with Gasteiger partial charge in [0.1, 0.15) is 24.4 Å². The number of carbonyl (C=O) groups is 4. The number of carbonyl (C=O) groups excluding carboxylic acids is 3. The topological polar surface area (TPSA) is 140 Å². The molecule has 2 aromatic rings. The van der Waals surface area contributed by atoms with Crippen molar-refractivity contribution in [2.75, 3.05) is 14.2 Å². The van der Waals surface area contributed by atoms with E-state index in [4.69, 9.17) is 19.3 Å². The Morgan fingerprint density at radius 2 is 1.55 bits per heavy atom. The summed E-state index contributed by atoms with van der Waals surface area (Å²) in [4.78, 5) is 48.3. The predicted octanol–water partition coefficient (Wildman–Crippen LogP) is 1.67. The van der Waals surface area contributed by atoms with Crippen LogP contribution in [-0.2, 0) is 36.9 Å². The fourth-order valence-corrected chi connectivity index (χ4v) is 2.90. The number of carboxylic acid groups (broad SMARTS) is 1. The van der Waals surface area contributed by atoms with Crippen molar-refractivity contribution < 1.29 is 38.5 Å². The van der Waals surface area contributed by atoms with Gasteiger partial charge in [0.25, 0.3) is 0 Å². The van der Waals surface area contributed by atoms with Crippen LogP contribution in [0.1, 0.15) is 17.5 Å². The zero-order valence-electron chi connectivity index (χ0n) is 18.3. The van der Waals surface area contributed by atoms with E-state index in [1.54, 1.807) is 54.6 Å². The Hall–Kier alpha value is -4.08. The summed E-state index contributed by atoms with van der Waals surface area (Å²) in [6.45, 7) is -0.101. The van der Waals surface area contributed by atoms with Gasteiger partial charge in [-0.2, -0.15) is 0 Å². The maximum absolute atomic E-state index is 12.7. The summed E-state index contributed by atoms with van der Waals surface area (Å²) in [6, 6.07) is 13.1. The molecule has 0 aliphatic heterocycles. The Bertz CT molecular complexity index is 947. The van der Waals surface area contributed by atoms with Crippen LogP contribution in [0.2, 0.25) is 0 Å². The van der Waals surface area contributed by atoms with E-state index in [0.29, 0.717) is 11.3 Å². The zero-order chi connectivity index (χ0) is 24.2. The van der Waals surface area contributed by atoms with Gasteiger partial charge in [0.2, 0.25) is 5.91 Å². The number of hydrogen-bond donors (Lipinski definition) is 3. The first kappa shape index (κ1) is 25.2. The molecule has 2 aromatic carbocycles. The van der Waals surface area contributed by atoms with Gasteiger partial charge in [-0.3, -0.25) is 9.59 Å². The Labute approximate surface area is 190 Å². The molecule has 0 fully saturated rings. The molecular formula is C23H26N2O8. The van der Waals surface area contributed by atoms with Crippen LogP contribution in [0.15, 0.2) is 54.6 Å². The molecule has 0 spiro atoms. The number of hydrogen-bond acceptors (Lipinski definition) is 7. The summed E-state index contributed by atoms with van der Waals surface area (Å²) < 4.78 is 14.9. The number of rotatable bonds is 11. The lowest BCUT2D eigenvalue weighted by molar-refractivity contribution is -0.145. The standard InChI is InChI=1S/C23H26N2O8/c1-31-17-10-8-16(9-11-17)14-33-23(30)25-18(13-20(26)27)21(28)24-19(22(29)32-2)12-15-6-4-3-5-7-15/h3-11,18-19H,12-14H2,1-2H3,(H,24,28)(H,25,30)(H,26,27)/t18-,19-/m0/s1. The van der Waals surface area contributed by atoms with Crippen molar-refractivity contribution in [1.29, 1.82) is 0 Å². The van der Waals surface area contributed by atoms with Crippen molar-refractivity contribution in [3.63, 3.8) is 0 Å². The third kappa shape index (κ3) is 8.52. The van der Waals surface area contributed by atoms with Gasteiger partial charge in [0, 0.05) is 6.42 Å². The van der Waals surface area contributed by atoms with Crippen molar-refractivity contribution in [3.8, 4) is 5.75 Å². The normalized spacial score (nSPS) is 12.1. The molecule has 0 saturated heterocycles. The van der Waals surface area contributed by atoms with E-state index in [-0.39, 0.29) is 13.0 Å². The molecule has 0 aliphatic carbocycles. The van der Waals surface area contributed by atoms with Crippen LogP contribution in [0.4, 0.5) is 4.79 Å². The molecule has 3 N–H and O–H groups in total. The average Bonchev–Trinajstić information content (AvgIpc) is 2.82. The lowest BCUT2D eigenvalue weighted by atomic mass is 10.1. The number of ether oxygens (including phenoxy) is 3. The summed E-state index contributed by atoms with van der Waals surface area (Å²) >= 11 is 0. The molecule has 0 unspecified atom stereocenters. The molecular weight excluding hydrogens is 432 g/mol. The number of alkyl carbamates (subject to hydrolysis) is 1. The summed E-state index contributed by atoms with van der Waals surface area (Å²) in [5.74, 6) is -2.24. The van der Waals surface area contributed by atoms with E-state index in [2.05, 4.69) is 10.6 Å². The van der Waals surface area contributed by atoms with Crippen LogP contribution in [-0.4, -0.2) is 55.3 Å². The molecule has 0 radical (unpaired) electrons. The molecule has 176 valence electrons. The first-order valence-corrected chi connectivity index (χ1v) is 10.0. The smallest absolute Gasteiger partial charge is 0.408 e. The highest BCUT2D eigenvalue weighted by Gasteiger charge is 2.29. The van der Waals surface area contributed by atoms with Gasteiger partial charge in [-0.25, -0.2) is 9.59 Å². The van der Waals surface area contributed by atoms with Crippen molar-refractivity contribution in [3.05, 3.63) is 65.7 Å². The van der Waals surface area contributed by atoms with Crippen molar-refractivity contribution in [2.24, 2.45) is 0 Å². The molecule has 10 heteroatoms. The van der Waals surface area contributed by atoms with Gasteiger partial charge in [0.05, 0.1) is 20.6 Å². The number of esters is 1. The van der Waals surface area contributed by atoms with Crippen LogP contribution in [0, 0.1) is 0 Å². The second-order valence-corrected chi connectivity index (χ2v) is 6.99. The van der Waals surface area contributed by atoms with E-state index in [1.165, 1.54) is 14.2 Å². The largest absolute Gasteiger partial charge is 0.497 e. The molecule has 33 heavy (non-hydrogen) atoms. The van der Waals surface area contributed by atoms with Gasteiger partial charge in [-0.1, -0.05) is 42.5 Å². The van der Waals surface area contributed by atoms with Gasteiger partial charge < -0.3 is 30.0 Å². The van der Waals surface area contributed by atoms with Gasteiger partial charge in [-0.15, -0.1) is 0 Å². The lowest BCUT2D eigenvalue weighted by Crippen LogP contribution is -2.53. The highest BCUT2D eigenvalue weighted by molar-refractivity contribution is 5.92. The molecule has 2 atom stereocenters. The lowest BCUT2D eigenvalue weighted by Gasteiger charge is -2.21. The van der Waals surface area contributed by atoms with Gasteiger partial charge in [-0.05, 0) is 23.3 Å². The molecule has 0 heterocycles. The Balaban J connectivity index is 2.01. The molecule has 0 aromatic heterocycles. The number of benzene rings is 2. The fourth-order valence-electron chi connectivity index (χ4n) is 2.90. The highest BCUT2D eigenvalue weighted by atomic mass is 16.5. The second-order valence-electron chi connectivity index (χ2n) is 6.99. The quantitative estimate of drug-likeness (QED) is 0.432. The third-order valence-electron chi connectivity index (χ3n) is 4.60. The van der Waals surface area contributed by atoms with Crippen molar-refractivity contribution in [2.45, 2.75) is 31.5 Å². The number of carboxylic acids is 1. The summed E-state index contributed by atoms with van der Waals surface area (Å²) in [7, 11) is 2.70. The first-order valence-electron chi connectivity index (χ1n) is 10.0. The number of nitrogens with one attached hydrogen (secondary N) is 2. The molecule has 2 amide bonds. The van der Waals surface area contributed by atoms with Crippen molar-refractivity contribution >= 4 is 23.9 Å². The first-order chi connectivity index (χ1) is 15.8. The minimum absolute atomic E-state index is 0.101. The minimum atomic E-state index is -1.46. The van der Waals surface area contributed by atoms with E-state index >= 15 is 0 Å². The zero-order valence-corrected chi connectivity index (χ0v) is 18.3. The Morgan fingerprint density at radius 1 is 0.879 bits per heavy atom. The average molecular weight is 458 g/mol. The van der Waals surface area contributed by atoms with Crippen LogP contribution in [0.3, 0.4) is 0 Å². The van der Waals surface area contributed by atoms with Crippen molar-refractivity contribution in [1.82, 2.24) is 10.6 Å². The third-order valence-corrected chi connectivity index (χ3v) is 4.60. The summed E-state index contributed by atoms with van der Waals surface area (Å²) in [6.07, 6.45) is -1.56. The monoisotopic (exact) mass is 458 g/mol. The van der Waals surface area contributed by atoms with E-state index < -0.39 is 42.4 Å². The maximum atomic E-state index is 12.7. The van der Waals surface area contributed by atoms with Gasteiger partial charge >= 0.3 is 18.0 Å². The number of amides is 2. The number of aliphatic carboxylic acids is 1. The fraction of sp³-hybridized carbons (Fsp3) is 0.304. The Morgan fingerprint density at radius 3 is 2.12 bits per heavy atom. The molecule has 10 nitrogen and oxygen atoms in total. The van der Waals surface area contributed by atoms with Gasteiger partial charge in [0.15, 0.2) is 0 Å². The summed E-state index contributed by atoms with van der Waals surface area (Å²) in [5.41, 5.74) is 1.42. The van der Waals surface area contributed by atoms with E-state index in [0.717, 1.165) is 5.56 Å². The second kappa shape index (κ2) is 12.7. The SMILES string of the molecule is COC(=O)[C@H](Cc1ccccc1)NC(=O)[C@H](CC(=O)O)NC(=O)OCc1ccc(OC)cc1. The molecule has 0 saturated carbocycles. The molecule has 0 aliphatic rings. The minimum Gasteiger partial charge on any atom is -0.497 e. The number of methoxy groups -OCH3 is 2. The van der Waals surface area contributed by atoms with Crippen LogP contribution < -0.4 is 15.4 Å².